The molecule has 0 spiro atoms. The van der Waals surface area contributed by atoms with Gasteiger partial charge in [0.1, 0.15) is 39.0 Å². The van der Waals surface area contributed by atoms with E-state index < -0.39 is 191 Å². The van der Waals surface area contributed by atoms with Gasteiger partial charge in [-0.05, 0) is 19.8 Å². The Morgan fingerprint density at radius 2 is 1.01 bits per heavy atom. The fraction of sp³-hybridized carbons (Fsp3) is 0.692. The lowest BCUT2D eigenvalue weighted by Gasteiger charge is -2.30. The number of nitrogens with two attached hydrogens (primary N) is 1. The first-order valence-corrected chi connectivity index (χ1v) is 26.6. The van der Waals surface area contributed by atoms with E-state index in [4.69, 9.17) is 57.8 Å². The van der Waals surface area contributed by atoms with Gasteiger partial charge in [-0.15, -0.1) is 0 Å². The zero-order valence-electron chi connectivity index (χ0n) is 50.4. The quantitative estimate of drug-likeness (QED) is 0.0209. The van der Waals surface area contributed by atoms with E-state index in [0.29, 0.717) is 33.1 Å². The van der Waals surface area contributed by atoms with E-state index in [9.17, 15) is 82.8 Å². The maximum Gasteiger partial charge on any atom is 0.351 e. The van der Waals surface area contributed by atoms with Gasteiger partial charge in [-0.25, -0.2) is 24.0 Å². The summed E-state index contributed by atoms with van der Waals surface area (Å²) in [6.45, 7) is -1.61. The molecule has 4 unspecified atom stereocenters. The predicted molar refractivity (Wildman–Crippen MR) is 286 cm³/mol. The van der Waals surface area contributed by atoms with Gasteiger partial charge in [-0.1, -0.05) is 0 Å². The lowest BCUT2D eigenvalue weighted by molar-refractivity contribution is -0.870. The van der Waals surface area contributed by atoms with Crippen LogP contribution in [0.2, 0.25) is 0 Å². The molecule has 0 amide bonds. The minimum absolute atomic E-state index is 0.0422. The number of likely N-dealkylation sites (N-methyl/N-ethyl adjacent to an activating group) is 3. The van der Waals surface area contributed by atoms with Crippen molar-refractivity contribution in [3.8, 4) is 5.88 Å². The zero-order valence-corrected chi connectivity index (χ0v) is 50.4. The Bertz CT molecular complexity index is 2530. The number of aliphatic carboxylic acids is 4. The fourth-order valence-corrected chi connectivity index (χ4v) is 6.97. The van der Waals surface area contributed by atoms with Gasteiger partial charge in [-0.3, -0.25) is 38.4 Å². The molecule has 1 aromatic rings. The van der Waals surface area contributed by atoms with E-state index in [-0.39, 0.29) is 38.6 Å². The van der Waals surface area contributed by atoms with Gasteiger partial charge < -0.3 is 96.3 Å². The van der Waals surface area contributed by atoms with Gasteiger partial charge in [0.2, 0.25) is 23.0 Å². The normalized spacial score (nSPS) is 14.0. The van der Waals surface area contributed by atoms with Gasteiger partial charge in [0.15, 0.2) is 18.8 Å². The highest BCUT2D eigenvalue weighted by molar-refractivity contribution is 5.94. The predicted octanol–water partition coefficient (Wildman–Crippen LogP) is -1.75. The van der Waals surface area contributed by atoms with Crippen molar-refractivity contribution in [2.75, 3.05) is 142 Å². The van der Waals surface area contributed by atoms with Crippen molar-refractivity contribution in [1.82, 2.24) is 9.55 Å². The van der Waals surface area contributed by atoms with E-state index in [1.54, 1.807) is 21.1 Å². The lowest BCUT2D eigenvalue weighted by Crippen LogP contribution is -2.49. The second kappa shape index (κ2) is 34.8. The average molecular weight is 1240 g/mol. The summed E-state index contributed by atoms with van der Waals surface area (Å²) in [6.07, 6.45) is -11.4. The number of carboxylic acid groups (broad SMARTS) is 4. The Morgan fingerprint density at radius 1 is 0.547 bits per heavy atom. The first-order valence-electron chi connectivity index (χ1n) is 26.6. The number of anilines is 1. The Kier molecular flexibility index (Phi) is 30.7. The molecule has 0 saturated carbocycles. The average Bonchev–Trinajstić information content (AvgIpc) is 2.72. The summed E-state index contributed by atoms with van der Waals surface area (Å²) in [6, 6.07) is 0. The minimum atomic E-state index is -3.19. The summed E-state index contributed by atoms with van der Waals surface area (Å²) < 4.78 is 59.8. The molecule has 0 aliphatic rings. The van der Waals surface area contributed by atoms with Crippen molar-refractivity contribution in [1.29, 1.82) is 0 Å². The molecule has 0 saturated heterocycles. The lowest BCUT2D eigenvalue weighted by atomic mass is 9.94. The summed E-state index contributed by atoms with van der Waals surface area (Å²) in [7, 11) is 17.7. The smallest absolute Gasteiger partial charge is 0.351 e. The highest BCUT2D eigenvalue weighted by Crippen LogP contribution is 2.30. The third-order valence-corrected chi connectivity index (χ3v) is 11.6. The summed E-state index contributed by atoms with van der Waals surface area (Å²) >= 11 is 0. The number of carboxylic acids is 4. The molecule has 0 bridgehead atoms. The van der Waals surface area contributed by atoms with Gasteiger partial charge in [0.05, 0.1) is 134 Å². The number of hydrogen-bond donors (Lipinski definition) is 5. The van der Waals surface area contributed by atoms with Gasteiger partial charge in [0, 0.05) is 20.1 Å². The van der Waals surface area contributed by atoms with Crippen molar-refractivity contribution in [3.05, 3.63) is 6.20 Å². The molecule has 1 rings (SSSR count). The number of ether oxygens (including phenoxy) is 11. The topological polar surface area (TPSA) is 448 Å². The van der Waals surface area contributed by atoms with Crippen LogP contribution in [0.1, 0.15) is 71.1 Å². The molecular weight excluding hydrogens is 1160 g/mol. The minimum Gasteiger partial charge on any atom is -0.481 e. The molecule has 0 aliphatic carbocycles. The number of aromatic nitrogens is 2. The number of rotatable bonds is 43. The molecule has 1 aromatic heterocycles. The second-order valence-corrected chi connectivity index (χ2v) is 22.6. The Balaban J connectivity index is 3.59. The summed E-state index contributed by atoms with van der Waals surface area (Å²) in [5, 5.41) is 39.6. The van der Waals surface area contributed by atoms with E-state index >= 15 is 0 Å². The molecule has 86 heavy (non-hydrogen) atoms. The number of carbonyl (C=O) groups is 13. The van der Waals surface area contributed by atoms with E-state index in [1.165, 1.54) is 18.5 Å². The molecule has 0 radical (unpaired) electrons. The van der Waals surface area contributed by atoms with Crippen molar-refractivity contribution >= 4 is 83.5 Å². The highest BCUT2D eigenvalue weighted by Gasteiger charge is 2.51. The van der Waals surface area contributed by atoms with Crippen LogP contribution in [-0.4, -0.2) is 280 Å². The molecule has 1 heterocycles. The van der Waals surface area contributed by atoms with Crippen molar-refractivity contribution in [2.45, 2.75) is 94.0 Å². The SMILES string of the molecule is CCOC(=O)C(CC(=O)Oc1cn(C)c(N)n1)(CC(=O)OC(COCC[N+](C)(C)C)CC(=O)OC(CC(=O)O)(CC(=O)OCC(=O)OCC[N+](C)(C)C)C(=O)O)OC(=O)CCCCOC(CC(=O)O)(CC(=O)OCC(=O)OCC[N+](C)(C)C)C(=O)O. The molecule has 34 nitrogen and oxygen atoms in total. The number of unbranched alkanes of at least 4 members (excludes halogenated alkanes) is 1. The molecule has 34 heteroatoms. The summed E-state index contributed by atoms with van der Waals surface area (Å²) in [5.41, 5.74) is -3.18. The Labute approximate surface area is 495 Å². The van der Waals surface area contributed by atoms with Crippen LogP contribution in [0.25, 0.3) is 0 Å². The standard InChI is InChI=1S/C52H80N6O28/c1-12-77-48(75)52(29-43(68)84-35-30-55(2)49(53)54-35,85-38(63)15-13-14-19-82-50(46(71)72,24-36(59)60)26-40(65)80-32-44(69)78-21-17-57(6,7)8)28-42(67)83-34(31-76-20-16-56(3,4)5)23-39(64)86-51(47(73)74,25-37(61)62)27-41(66)81-33-45(70)79-22-18-58(9,10)11/h30,34H,12-29,31-33H2,1-11H3,(H3-3,53,54,59,60,61,62,71,72,73,74)/p+3. The number of nitrogens with zero attached hydrogens (tertiary/aromatic N) is 5. The monoisotopic (exact) mass is 1240 g/mol. The summed E-state index contributed by atoms with van der Waals surface area (Å²) in [4.78, 5) is 172. The third kappa shape index (κ3) is 30.6. The first-order chi connectivity index (χ1) is 39.6. The number of aryl methyl sites for hydroxylation is 1. The molecular formula is C52H83N6O28+3. The fourth-order valence-electron chi connectivity index (χ4n) is 6.97. The molecule has 0 aliphatic heterocycles. The zero-order chi connectivity index (χ0) is 65.9. The van der Waals surface area contributed by atoms with Gasteiger partial charge >= 0.3 is 77.6 Å². The largest absolute Gasteiger partial charge is 0.481 e. The van der Waals surface area contributed by atoms with Crippen molar-refractivity contribution in [2.24, 2.45) is 7.05 Å². The van der Waals surface area contributed by atoms with Gasteiger partial charge in [-0.2, -0.15) is 4.98 Å². The van der Waals surface area contributed by atoms with Crippen LogP contribution in [0.3, 0.4) is 0 Å². The Hall–Kier alpha value is -8.08. The van der Waals surface area contributed by atoms with Crippen LogP contribution in [0.4, 0.5) is 5.95 Å². The maximum absolute atomic E-state index is 14.1. The van der Waals surface area contributed by atoms with Crippen LogP contribution < -0.4 is 10.5 Å². The van der Waals surface area contributed by atoms with Crippen molar-refractivity contribution in [3.63, 3.8) is 0 Å². The van der Waals surface area contributed by atoms with Crippen LogP contribution >= 0.6 is 0 Å². The third-order valence-electron chi connectivity index (χ3n) is 11.6. The maximum atomic E-state index is 14.1. The molecule has 0 fully saturated rings. The second-order valence-electron chi connectivity index (χ2n) is 22.6. The molecule has 486 valence electrons. The number of hydrogen-bond acceptors (Lipinski definition) is 26. The first kappa shape index (κ1) is 75.9. The van der Waals surface area contributed by atoms with Crippen LogP contribution in [-0.2, 0) is 117 Å². The summed E-state index contributed by atoms with van der Waals surface area (Å²) in [5.74, 6) is -20.5. The van der Waals surface area contributed by atoms with E-state index in [2.05, 4.69) is 4.98 Å². The Morgan fingerprint density at radius 3 is 1.48 bits per heavy atom. The molecule has 0 aromatic carbocycles. The van der Waals surface area contributed by atoms with Crippen molar-refractivity contribution < 1.29 is 148 Å². The van der Waals surface area contributed by atoms with Gasteiger partial charge in [0.25, 0.3) is 0 Å². The molecule has 4 atom stereocenters. The molecule has 6 N–H and O–H groups in total. The van der Waals surface area contributed by atoms with E-state index in [1.807, 2.05) is 42.3 Å². The highest BCUT2D eigenvalue weighted by atomic mass is 16.6. The van der Waals surface area contributed by atoms with E-state index in [0.717, 1.165) is 6.20 Å². The number of carbonyl (C=O) groups excluding carboxylic acids is 9. The van der Waals surface area contributed by atoms with Crippen LogP contribution in [0.15, 0.2) is 6.20 Å². The number of esters is 9. The number of quaternary nitrogens is 3. The number of nitrogen functional groups attached to an aromatic ring is 1. The number of imidazole rings is 1. The van der Waals surface area contributed by atoms with Crippen LogP contribution in [0, 0.1) is 0 Å². The van der Waals surface area contributed by atoms with Crippen LogP contribution in [0.5, 0.6) is 5.88 Å².